The molecular weight excluding hydrogens is 418 g/mol. The summed E-state index contributed by atoms with van der Waals surface area (Å²) in [5.41, 5.74) is 1.90. The van der Waals surface area contributed by atoms with Crippen LogP contribution in [0.3, 0.4) is 0 Å². The zero-order valence-corrected chi connectivity index (χ0v) is 19.8. The number of halogens is 1. The molecule has 170 valence electrons. The van der Waals surface area contributed by atoms with Gasteiger partial charge < -0.3 is 10.6 Å². The molecule has 2 aromatic rings. The molecule has 0 unspecified atom stereocenters. The van der Waals surface area contributed by atoms with Crippen LogP contribution in [0.2, 0.25) is 5.02 Å². The van der Waals surface area contributed by atoms with Crippen molar-refractivity contribution in [2.75, 3.05) is 19.6 Å². The third kappa shape index (κ3) is 3.98. The van der Waals surface area contributed by atoms with Gasteiger partial charge in [-0.1, -0.05) is 67.9 Å². The Morgan fingerprint density at radius 1 is 1.16 bits per heavy atom. The molecule has 3 heterocycles. The van der Waals surface area contributed by atoms with E-state index in [2.05, 4.69) is 59.7 Å². The predicted molar refractivity (Wildman–Crippen MR) is 129 cm³/mol. The molecular formula is C27H34ClN3O. The molecule has 5 atom stereocenters. The molecule has 4 bridgehead atoms. The van der Waals surface area contributed by atoms with Gasteiger partial charge >= 0.3 is 0 Å². The maximum absolute atomic E-state index is 13.8. The van der Waals surface area contributed by atoms with Gasteiger partial charge in [0.25, 0.3) is 0 Å². The summed E-state index contributed by atoms with van der Waals surface area (Å²) in [4.78, 5) is 16.6. The van der Waals surface area contributed by atoms with Crippen LogP contribution in [0.4, 0.5) is 0 Å². The van der Waals surface area contributed by atoms with E-state index in [1.807, 2.05) is 24.3 Å². The molecule has 0 spiro atoms. The monoisotopic (exact) mass is 451 g/mol. The van der Waals surface area contributed by atoms with Gasteiger partial charge in [-0.05, 0) is 53.9 Å². The summed E-state index contributed by atoms with van der Waals surface area (Å²) in [6.07, 6.45) is 1.87. The number of nitrogens with zero attached hydrogens (tertiary/aromatic N) is 1. The van der Waals surface area contributed by atoms with Crippen LogP contribution in [0.5, 0.6) is 0 Å². The predicted octanol–water partition coefficient (Wildman–Crippen LogP) is 4.13. The molecule has 3 saturated heterocycles. The normalized spacial score (nSPS) is 31.2. The smallest absolute Gasteiger partial charge is 0.240 e. The average Bonchev–Trinajstić information content (AvgIpc) is 3.08. The van der Waals surface area contributed by atoms with Gasteiger partial charge in [0.1, 0.15) is 5.54 Å². The van der Waals surface area contributed by atoms with Crippen molar-refractivity contribution in [3.05, 3.63) is 70.7 Å². The van der Waals surface area contributed by atoms with E-state index in [0.717, 1.165) is 43.1 Å². The lowest BCUT2D eigenvalue weighted by Crippen LogP contribution is -2.74. The second-order valence-corrected chi connectivity index (χ2v) is 10.9. The summed E-state index contributed by atoms with van der Waals surface area (Å²) < 4.78 is 0. The minimum atomic E-state index is -0.502. The topological polar surface area (TPSA) is 44.4 Å². The first-order valence-corrected chi connectivity index (χ1v) is 12.4. The van der Waals surface area contributed by atoms with Gasteiger partial charge in [0.05, 0.1) is 0 Å². The summed E-state index contributed by atoms with van der Waals surface area (Å²) >= 11 is 6.03. The fourth-order valence-electron chi connectivity index (χ4n) is 6.64. The van der Waals surface area contributed by atoms with E-state index in [0.29, 0.717) is 30.3 Å². The number of benzene rings is 2. The van der Waals surface area contributed by atoms with E-state index >= 15 is 0 Å². The fraction of sp³-hybridized carbons (Fsp3) is 0.519. The van der Waals surface area contributed by atoms with Gasteiger partial charge in [0.15, 0.2) is 0 Å². The lowest BCUT2D eigenvalue weighted by Gasteiger charge is -2.56. The highest BCUT2D eigenvalue weighted by Crippen LogP contribution is 2.53. The number of nitrogens with one attached hydrogen (secondary N) is 2. The maximum atomic E-state index is 13.8. The summed E-state index contributed by atoms with van der Waals surface area (Å²) in [7, 11) is 0. The number of piperidine rings is 2. The third-order valence-electron chi connectivity index (χ3n) is 7.89. The molecule has 6 rings (SSSR count). The molecule has 1 amide bonds. The third-order valence-corrected chi connectivity index (χ3v) is 8.14. The minimum absolute atomic E-state index is 0.160. The Morgan fingerprint density at radius 2 is 1.91 bits per heavy atom. The Balaban J connectivity index is 1.43. The van der Waals surface area contributed by atoms with Gasteiger partial charge in [-0.3, -0.25) is 9.69 Å². The highest BCUT2D eigenvalue weighted by atomic mass is 35.5. The second kappa shape index (κ2) is 8.81. The average molecular weight is 452 g/mol. The van der Waals surface area contributed by atoms with Gasteiger partial charge in [0.2, 0.25) is 5.91 Å². The second-order valence-electron chi connectivity index (χ2n) is 10.4. The Bertz CT molecular complexity index is 947. The fourth-order valence-corrected chi connectivity index (χ4v) is 6.76. The van der Waals surface area contributed by atoms with Crippen LogP contribution in [0.15, 0.2) is 54.6 Å². The number of amides is 1. The molecule has 2 N–H and O–H groups in total. The molecule has 3 aliphatic heterocycles. The van der Waals surface area contributed by atoms with E-state index in [1.54, 1.807) is 0 Å². The summed E-state index contributed by atoms with van der Waals surface area (Å²) in [6, 6.07) is 18.9. The lowest BCUT2D eigenvalue weighted by molar-refractivity contribution is -0.138. The van der Waals surface area contributed by atoms with E-state index < -0.39 is 5.54 Å². The Kier molecular flexibility index (Phi) is 6.04. The first kappa shape index (κ1) is 21.9. The Labute approximate surface area is 196 Å². The summed E-state index contributed by atoms with van der Waals surface area (Å²) in [6.45, 7) is 8.34. The zero-order valence-electron chi connectivity index (χ0n) is 19.1. The van der Waals surface area contributed by atoms with Crippen molar-refractivity contribution < 1.29 is 4.79 Å². The minimum Gasteiger partial charge on any atom is -0.350 e. The SMILES string of the molecule is CC(C)CN1C[C@H]2C[C@]3(C(=O)NCc4ccc(Cl)cc4)NC[C@H]2[C@H]1[C@H]3Cc1ccccc1. The van der Waals surface area contributed by atoms with Crippen molar-refractivity contribution in [3.63, 3.8) is 0 Å². The van der Waals surface area contributed by atoms with Crippen LogP contribution in [0.25, 0.3) is 0 Å². The van der Waals surface area contributed by atoms with Crippen molar-refractivity contribution >= 4 is 17.5 Å². The summed E-state index contributed by atoms with van der Waals surface area (Å²) in [5, 5.41) is 7.76. The number of likely N-dealkylation sites (tertiary alicyclic amines) is 1. The first-order valence-electron chi connectivity index (χ1n) is 12.0. The summed E-state index contributed by atoms with van der Waals surface area (Å²) in [5.74, 6) is 2.31. The number of fused-ring (bicyclic) bond motifs is 1. The molecule has 4 fully saturated rings. The standard InChI is InChI=1S/C27H34ClN3O/c1-18(2)16-31-17-21-13-27(26(32)29-14-20-8-10-22(28)11-9-20)24(25(31)23(21)15-30-27)12-19-6-4-3-5-7-19/h3-11,18,21,23-25,30H,12-17H2,1-2H3,(H,29,32)/t21-,23-,24-,25+,27+/m1/s1. The molecule has 0 radical (unpaired) electrons. The van der Waals surface area contributed by atoms with Gasteiger partial charge in [0, 0.05) is 43.2 Å². The van der Waals surface area contributed by atoms with Crippen LogP contribution in [-0.2, 0) is 17.8 Å². The number of hydrogen-bond donors (Lipinski definition) is 2. The molecule has 0 aromatic heterocycles. The number of hydrogen-bond acceptors (Lipinski definition) is 3. The van der Waals surface area contributed by atoms with Crippen LogP contribution in [-0.4, -0.2) is 42.0 Å². The lowest BCUT2D eigenvalue weighted by atomic mass is 9.58. The van der Waals surface area contributed by atoms with Crippen molar-refractivity contribution in [2.24, 2.45) is 23.7 Å². The van der Waals surface area contributed by atoms with Crippen molar-refractivity contribution in [1.82, 2.24) is 15.5 Å². The van der Waals surface area contributed by atoms with Gasteiger partial charge in [-0.2, -0.15) is 0 Å². The molecule has 4 aliphatic rings. The van der Waals surface area contributed by atoms with Crippen LogP contribution >= 0.6 is 11.6 Å². The Hall–Kier alpha value is -1.88. The maximum Gasteiger partial charge on any atom is 0.240 e. The molecule has 2 aromatic carbocycles. The largest absolute Gasteiger partial charge is 0.350 e. The van der Waals surface area contributed by atoms with Crippen molar-refractivity contribution in [1.29, 1.82) is 0 Å². The van der Waals surface area contributed by atoms with Crippen molar-refractivity contribution in [3.8, 4) is 0 Å². The molecule has 4 nitrogen and oxygen atoms in total. The van der Waals surface area contributed by atoms with E-state index in [-0.39, 0.29) is 11.8 Å². The zero-order chi connectivity index (χ0) is 22.3. The highest BCUT2D eigenvalue weighted by molar-refractivity contribution is 6.30. The number of carbonyl (C=O) groups is 1. The van der Waals surface area contributed by atoms with Gasteiger partial charge in [-0.15, -0.1) is 0 Å². The van der Waals surface area contributed by atoms with Crippen molar-refractivity contribution in [2.45, 2.75) is 44.8 Å². The van der Waals surface area contributed by atoms with Crippen LogP contribution < -0.4 is 10.6 Å². The number of carbonyl (C=O) groups excluding carboxylic acids is 1. The van der Waals surface area contributed by atoms with E-state index in [9.17, 15) is 4.79 Å². The molecule has 5 heteroatoms. The molecule has 32 heavy (non-hydrogen) atoms. The molecule has 1 aliphatic carbocycles. The van der Waals surface area contributed by atoms with E-state index in [1.165, 1.54) is 5.56 Å². The molecule has 1 saturated carbocycles. The highest BCUT2D eigenvalue weighted by Gasteiger charge is 2.64. The van der Waals surface area contributed by atoms with Gasteiger partial charge in [-0.25, -0.2) is 0 Å². The quantitative estimate of drug-likeness (QED) is 0.665. The van der Waals surface area contributed by atoms with E-state index in [4.69, 9.17) is 11.6 Å². The first-order chi connectivity index (χ1) is 15.5. The Morgan fingerprint density at radius 3 is 2.62 bits per heavy atom. The number of rotatable bonds is 7. The van der Waals surface area contributed by atoms with Crippen LogP contribution in [0, 0.1) is 23.7 Å². The van der Waals surface area contributed by atoms with Crippen LogP contribution in [0.1, 0.15) is 31.4 Å².